The second kappa shape index (κ2) is 5.91. The Morgan fingerprint density at radius 3 is 2.52 bits per heavy atom. The second-order valence-electron chi connectivity index (χ2n) is 4.05. The summed E-state index contributed by atoms with van der Waals surface area (Å²) in [5, 5.41) is 10.5. The molecule has 0 radical (unpaired) electrons. The first-order valence-corrected chi connectivity index (χ1v) is 8.90. The zero-order chi connectivity index (χ0) is 15.8. The minimum Gasteiger partial charge on any atom is -0.279 e. The van der Waals surface area contributed by atoms with Crippen LogP contribution in [0.25, 0.3) is 0 Å². The third kappa shape index (κ3) is 3.54. The minimum atomic E-state index is -3.75. The highest BCUT2D eigenvalue weighted by Crippen LogP contribution is 2.33. The van der Waals surface area contributed by atoms with E-state index < -0.39 is 14.9 Å². The maximum absolute atomic E-state index is 12.2. The molecule has 0 saturated heterocycles. The number of nitrogens with zero attached hydrogens (tertiary/aromatic N) is 1. The monoisotopic (exact) mass is 410 g/mol. The van der Waals surface area contributed by atoms with Gasteiger partial charge in [-0.25, -0.2) is 8.42 Å². The van der Waals surface area contributed by atoms with Crippen LogP contribution < -0.4 is 4.72 Å². The van der Waals surface area contributed by atoms with Gasteiger partial charge in [-0.2, -0.15) is 0 Å². The van der Waals surface area contributed by atoms with Gasteiger partial charge in [0, 0.05) is 6.07 Å². The van der Waals surface area contributed by atoms with E-state index in [1.807, 2.05) is 0 Å². The predicted octanol–water partition coefficient (Wildman–Crippen LogP) is 4.18. The van der Waals surface area contributed by atoms with E-state index in [9.17, 15) is 18.5 Å². The summed E-state index contributed by atoms with van der Waals surface area (Å²) in [5.74, 6) is 0. The molecule has 0 fully saturated rings. The molecule has 0 aliphatic rings. The van der Waals surface area contributed by atoms with Crippen molar-refractivity contribution in [2.45, 2.75) is 11.1 Å². The highest BCUT2D eigenvalue weighted by atomic mass is 79.9. The summed E-state index contributed by atoms with van der Waals surface area (Å²) < 4.78 is 27.6. The maximum atomic E-state index is 12.2. The minimum absolute atomic E-state index is 0.135. The van der Waals surface area contributed by atoms with Gasteiger partial charge in [0.05, 0.1) is 14.4 Å². The second-order valence-corrected chi connectivity index (χ2v) is 8.74. The van der Waals surface area contributed by atoms with Crippen LogP contribution in [0, 0.1) is 17.0 Å². The highest BCUT2D eigenvalue weighted by Gasteiger charge is 2.20. The van der Waals surface area contributed by atoms with E-state index in [1.165, 1.54) is 18.2 Å². The molecule has 0 aliphatic heterocycles. The van der Waals surface area contributed by atoms with Crippen LogP contribution in [0.2, 0.25) is 5.02 Å². The van der Waals surface area contributed by atoms with Crippen LogP contribution >= 0.6 is 38.9 Å². The number of hydrogen-bond acceptors (Lipinski definition) is 5. The van der Waals surface area contributed by atoms with Gasteiger partial charge in [-0.3, -0.25) is 14.8 Å². The molecule has 0 amide bonds. The molecule has 0 bridgehead atoms. The van der Waals surface area contributed by atoms with Gasteiger partial charge in [0.2, 0.25) is 0 Å². The number of hydrogen-bond donors (Lipinski definition) is 1. The van der Waals surface area contributed by atoms with E-state index in [-0.39, 0.29) is 20.6 Å². The fourth-order valence-electron chi connectivity index (χ4n) is 1.49. The molecule has 2 rings (SSSR count). The third-order valence-corrected chi connectivity index (χ3v) is 6.79. The molecule has 1 N–H and O–H groups in total. The van der Waals surface area contributed by atoms with Crippen molar-refractivity contribution in [3.63, 3.8) is 0 Å². The Labute approximate surface area is 138 Å². The number of benzene rings is 1. The molecule has 1 aromatic carbocycles. The first-order valence-electron chi connectivity index (χ1n) is 5.43. The normalized spacial score (nSPS) is 11.4. The maximum Gasteiger partial charge on any atom is 0.288 e. The average Bonchev–Trinajstić information content (AvgIpc) is 2.69. The van der Waals surface area contributed by atoms with E-state index in [4.69, 9.17) is 11.6 Å². The third-order valence-electron chi connectivity index (χ3n) is 2.50. The number of nitrogens with one attached hydrogen (secondary N) is 1. The van der Waals surface area contributed by atoms with Crippen molar-refractivity contribution in [1.29, 1.82) is 0 Å². The number of aryl methyl sites for hydroxylation is 1. The standard InChI is InChI=1S/C11H8BrClN2O4S2/c1-6-4-10(20-11(6)12)21(18,19)14-7-2-3-9(15(16)17)8(13)5-7/h2-5,14H,1H3. The van der Waals surface area contributed by atoms with Crippen molar-refractivity contribution in [2.24, 2.45) is 0 Å². The van der Waals surface area contributed by atoms with Crippen LogP contribution in [0.15, 0.2) is 32.3 Å². The summed E-state index contributed by atoms with van der Waals surface area (Å²) in [7, 11) is -3.75. The molecular weight excluding hydrogens is 404 g/mol. The van der Waals surface area contributed by atoms with Gasteiger partial charge >= 0.3 is 0 Å². The molecule has 10 heteroatoms. The number of halogens is 2. The van der Waals surface area contributed by atoms with E-state index in [1.54, 1.807) is 6.92 Å². The van der Waals surface area contributed by atoms with Crippen LogP contribution in [0.4, 0.5) is 11.4 Å². The molecule has 6 nitrogen and oxygen atoms in total. The fourth-order valence-corrected chi connectivity index (χ4v) is 5.01. The lowest BCUT2D eigenvalue weighted by atomic mass is 10.3. The highest BCUT2D eigenvalue weighted by molar-refractivity contribution is 9.11. The van der Waals surface area contributed by atoms with Crippen LogP contribution in [-0.2, 0) is 10.0 Å². The number of anilines is 1. The van der Waals surface area contributed by atoms with Crippen LogP contribution in [-0.4, -0.2) is 13.3 Å². The smallest absolute Gasteiger partial charge is 0.279 e. The number of sulfonamides is 1. The Kier molecular flexibility index (Phi) is 4.57. The first-order chi connectivity index (χ1) is 9.70. The number of nitro groups is 1. The molecule has 0 saturated carbocycles. The lowest BCUT2D eigenvalue weighted by Gasteiger charge is -2.06. The molecule has 0 atom stereocenters. The molecule has 0 unspecified atom stereocenters. The summed E-state index contributed by atoms with van der Waals surface area (Å²) in [6, 6.07) is 5.17. The quantitative estimate of drug-likeness (QED) is 0.603. The van der Waals surface area contributed by atoms with Gasteiger partial charge in [-0.05, 0) is 46.6 Å². The van der Waals surface area contributed by atoms with Crippen LogP contribution in [0.1, 0.15) is 5.56 Å². The summed E-state index contributed by atoms with van der Waals surface area (Å²) in [6.45, 7) is 1.78. The lowest BCUT2D eigenvalue weighted by molar-refractivity contribution is -0.384. The van der Waals surface area contributed by atoms with E-state index in [0.29, 0.717) is 0 Å². The van der Waals surface area contributed by atoms with E-state index in [2.05, 4.69) is 20.7 Å². The van der Waals surface area contributed by atoms with Crippen LogP contribution in [0.3, 0.4) is 0 Å². The largest absolute Gasteiger partial charge is 0.288 e. The predicted molar refractivity (Wildman–Crippen MR) is 85.7 cm³/mol. The van der Waals surface area contributed by atoms with Crippen molar-refractivity contribution in [3.05, 3.63) is 48.8 Å². The Bertz CT molecular complexity index is 800. The number of rotatable bonds is 4. The molecule has 2 aromatic rings. The Hall–Kier alpha value is -1.16. The Morgan fingerprint density at radius 2 is 2.05 bits per heavy atom. The van der Waals surface area contributed by atoms with E-state index in [0.717, 1.165) is 26.8 Å². The Balaban J connectivity index is 2.33. The van der Waals surface area contributed by atoms with Crippen molar-refractivity contribution in [3.8, 4) is 0 Å². The zero-order valence-electron chi connectivity index (χ0n) is 10.5. The topological polar surface area (TPSA) is 89.3 Å². The van der Waals surface area contributed by atoms with Crippen molar-refractivity contribution in [2.75, 3.05) is 4.72 Å². The molecule has 0 aliphatic carbocycles. The number of nitro benzene ring substituents is 1. The van der Waals surface area contributed by atoms with Crippen LogP contribution in [0.5, 0.6) is 0 Å². The van der Waals surface area contributed by atoms with Gasteiger partial charge < -0.3 is 0 Å². The molecule has 1 heterocycles. The van der Waals surface area contributed by atoms with Crippen molar-refractivity contribution < 1.29 is 13.3 Å². The van der Waals surface area contributed by atoms with Gasteiger partial charge in [0.15, 0.2) is 0 Å². The molecule has 0 spiro atoms. The summed E-state index contributed by atoms with van der Waals surface area (Å²) in [6.07, 6.45) is 0. The summed E-state index contributed by atoms with van der Waals surface area (Å²) >= 11 is 10.1. The van der Waals surface area contributed by atoms with Gasteiger partial charge in [0.1, 0.15) is 9.23 Å². The molecule has 112 valence electrons. The van der Waals surface area contributed by atoms with E-state index >= 15 is 0 Å². The summed E-state index contributed by atoms with van der Waals surface area (Å²) in [4.78, 5) is 10.0. The van der Waals surface area contributed by atoms with Crippen molar-refractivity contribution in [1.82, 2.24) is 0 Å². The molecule has 21 heavy (non-hydrogen) atoms. The zero-order valence-corrected chi connectivity index (χ0v) is 14.4. The SMILES string of the molecule is Cc1cc(S(=O)(=O)Nc2ccc([N+](=O)[O-])c(Cl)c2)sc1Br. The number of thiophene rings is 1. The fraction of sp³-hybridized carbons (Fsp3) is 0.0909. The summed E-state index contributed by atoms with van der Waals surface area (Å²) in [5.41, 5.74) is 0.684. The van der Waals surface area contributed by atoms with Gasteiger partial charge in [-0.1, -0.05) is 11.6 Å². The van der Waals surface area contributed by atoms with Crippen molar-refractivity contribution >= 4 is 60.3 Å². The lowest BCUT2D eigenvalue weighted by Crippen LogP contribution is -2.11. The Morgan fingerprint density at radius 1 is 1.38 bits per heavy atom. The molecular formula is C11H8BrClN2O4S2. The first kappa shape index (κ1) is 16.2. The van der Waals surface area contributed by atoms with Gasteiger partial charge in [-0.15, -0.1) is 11.3 Å². The average molecular weight is 412 g/mol. The molecule has 1 aromatic heterocycles. The van der Waals surface area contributed by atoms with Gasteiger partial charge in [0.25, 0.3) is 15.7 Å².